The Hall–Kier alpha value is -2.48. The number of carbonyl (C=O) groups is 4. The van der Waals surface area contributed by atoms with Gasteiger partial charge in [-0.1, -0.05) is 104 Å². The molecule has 0 aliphatic heterocycles. The van der Waals surface area contributed by atoms with Crippen molar-refractivity contribution in [2.75, 3.05) is 116 Å². The summed E-state index contributed by atoms with van der Waals surface area (Å²) in [5, 5.41) is 0. The minimum atomic E-state index is -3.08. The first-order valence-corrected chi connectivity index (χ1v) is 33.3. The first-order chi connectivity index (χ1) is 34.0. The van der Waals surface area contributed by atoms with Gasteiger partial charge in [-0.3, -0.25) is 19.2 Å². The van der Waals surface area contributed by atoms with Crippen molar-refractivity contribution in [3.05, 3.63) is 0 Å². The van der Waals surface area contributed by atoms with Crippen LogP contribution in [-0.4, -0.2) is 226 Å². The summed E-state index contributed by atoms with van der Waals surface area (Å²) in [7, 11) is 7.99. The molecule has 4 amide bonds. The number of sulfonamides is 4. The van der Waals surface area contributed by atoms with Crippen LogP contribution < -0.4 is 0 Å². The van der Waals surface area contributed by atoms with Gasteiger partial charge in [-0.2, -0.15) is 4.31 Å². The van der Waals surface area contributed by atoms with E-state index < -0.39 is 44.8 Å². The highest BCUT2D eigenvalue weighted by Crippen LogP contribution is 2.21. The van der Waals surface area contributed by atoms with Crippen LogP contribution in [0.5, 0.6) is 0 Å². The Morgan fingerprint density at radius 2 is 0.738 bits per heavy atom. The van der Waals surface area contributed by atoms with Crippen LogP contribution in [-0.2, 0) is 59.3 Å². The molecule has 0 aliphatic carbocycles. The second-order valence-corrected chi connectivity index (χ2v) is 38.8. The van der Waals surface area contributed by atoms with Gasteiger partial charge in [-0.25, -0.2) is 46.6 Å². The zero-order chi connectivity index (χ0) is 67.8. The van der Waals surface area contributed by atoms with Crippen molar-refractivity contribution in [2.24, 2.45) is 27.1 Å². The Morgan fingerprint density at radius 1 is 0.400 bits per heavy atom. The molecule has 0 spiro atoms. The maximum Gasteiger partial charge on any atom is 0.227 e. The van der Waals surface area contributed by atoms with E-state index in [0.717, 1.165) is 6.54 Å². The van der Waals surface area contributed by atoms with Crippen LogP contribution in [0.15, 0.2) is 0 Å². The smallest absolute Gasteiger partial charge is 0.227 e. The molecule has 0 radical (unpaired) electrons. The molecule has 0 bridgehead atoms. The van der Waals surface area contributed by atoms with Crippen LogP contribution in [0, 0.1) is 27.1 Å². The SMILES string of the molecule is CC(=O)N(C)C(C)(C)C.CC(=O)N(C)CC(C)(C)C.CN(C(C)(C)C)S(C)(=O)=O.CN(C)C(=O)C(C)(C)C.CN(C)C(=O)CC(C)(C)C.CN(C)S(=O)(=O)C(C)(C)C.CN(C)S(=O)(=O)CC(C)(C)C.CN(CC(C)(C)C)S(C)(=O)=O. The molecule has 0 aromatic heterocycles. The fourth-order valence-electron chi connectivity index (χ4n) is 5.08. The molecule has 0 aliphatic rings. The van der Waals surface area contributed by atoms with Gasteiger partial charge in [0.05, 0.1) is 23.0 Å². The molecule has 20 nitrogen and oxygen atoms in total. The molecule has 0 aromatic carbocycles. The summed E-state index contributed by atoms with van der Waals surface area (Å²) in [5.41, 5.74) is -0.397. The molecular weight excluding hydrogens is 1100 g/mol. The molecular formula is C56H128N8O12S4. The molecule has 0 saturated heterocycles. The summed E-state index contributed by atoms with van der Waals surface area (Å²) in [4.78, 5) is 50.3. The molecule has 0 saturated carbocycles. The third kappa shape index (κ3) is 57.3. The van der Waals surface area contributed by atoms with Crippen molar-refractivity contribution >= 4 is 63.7 Å². The zero-order valence-corrected chi connectivity index (χ0v) is 62.2. The predicted molar refractivity (Wildman–Crippen MR) is 340 cm³/mol. The van der Waals surface area contributed by atoms with Crippen molar-refractivity contribution in [3.63, 3.8) is 0 Å². The van der Waals surface area contributed by atoms with E-state index in [1.165, 1.54) is 29.7 Å². The number of nitrogens with zero attached hydrogens (tertiary/aromatic N) is 8. The van der Waals surface area contributed by atoms with E-state index >= 15 is 0 Å². The van der Waals surface area contributed by atoms with Crippen LogP contribution in [0.2, 0.25) is 0 Å². The van der Waals surface area contributed by atoms with E-state index in [2.05, 4.69) is 41.5 Å². The minimum Gasteiger partial charge on any atom is -0.349 e. The van der Waals surface area contributed by atoms with E-state index in [-0.39, 0.29) is 67.5 Å². The Kier molecular flexibility index (Phi) is 42.7. The highest BCUT2D eigenvalue weighted by Gasteiger charge is 2.31. The number of amides is 4. The molecule has 0 fully saturated rings. The van der Waals surface area contributed by atoms with Crippen molar-refractivity contribution in [3.8, 4) is 0 Å². The van der Waals surface area contributed by atoms with Gasteiger partial charge in [0, 0.05) is 134 Å². The van der Waals surface area contributed by atoms with Crippen LogP contribution >= 0.6 is 0 Å². The zero-order valence-electron chi connectivity index (χ0n) is 58.9. The molecule has 0 unspecified atom stereocenters. The lowest BCUT2D eigenvalue weighted by atomic mass is 9.92. The average molecular weight is 1230 g/mol. The van der Waals surface area contributed by atoms with Crippen LogP contribution in [0.4, 0.5) is 0 Å². The molecule has 0 aromatic rings. The molecule has 24 heteroatoms. The Morgan fingerprint density at radius 3 is 0.787 bits per heavy atom. The first-order valence-electron chi connectivity index (χ1n) is 26.5. The van der Waals surface area contributed by atoms with Gasteiger partial charge in [-0.05, 0) is 84.0 Å². The minimum absolute atomic E-state index is 0.0256. The molecule has 0 heterocycles. The molecule has 80 heavy (non-hydrogen) atoms. The maximum absolute atomic E-state index is 11.3. The third-order valence-electron chi connectivity index (χ3n) is 10.1. The van der Waals surface area contributed by atoms with Gasteiger partial charge in [0.25, 0.3) is 0 Å². The van der Waals surface area contributed by atoms with Crippen molar-refractivity contribution < 1.29 is 52.8 Å². The predicted octanol–water partition coefficient (Wildman–Crippen LogP) is 8.61. The second kappa shape index (κ2) is 36.4. The fraction of sp³-hybridized carbons (Fsp3) is 0.929. The number of carbonyl (C=O) groups excluding carboxylic acids is 4. The van der Waals surface area contributed by atoms with Crippen molar-refractivity contribution in [1.82, 2.24) is 36.8 Å². The van der Waals surface area contributed by atoms with Gasteiger partial charge in [0.2, 0.25) is 63.7 Å². The van der Waals surface area contributed by atoms with Crippen LogP contribution in [0.25, 0.3) is 0 Å². The van der Waals surface area contributed by atoms with Crippen LogP contribution in [0.1, 0.15) is 186 Å². The summed E-state index contributed by atoms with van der Waals surface area (Å²) in [5.74, 6) is 0.819. The van der Waals surface area contributed by atoms with Gasteiger partial charge in [0.1, 0.15) is 0 Å². The first kappa shape index (κ1) is 93.9. The summed E-state index contributed by atoms with van der Waals surface area (Å²) < 4.78 is 93.3. The monoisotopic (exact) mass is 1230 g/mol. The Labute approximate surface area is 496 Å². The van der Waals surface area contributed by atoms with Crippen molar-refractivity contribution in [1.29, 1.82) is 0 Å². The largest absolute Gasteiger partial charge is 0.349 e. The van der Waals surface area contributed by atoms with Crippen molar-refractivity contribution in [2.45, 2.75) is 202 Å². The molecule has 488 valence electrons. The standard InChI is InChI=1S/2C8H17NO.2C7H17NO2S.2C7H15NO.2C6H15NO2S/c1-8(2,3)6-7(10)9(4)5;1-7(10)9(5)6-8(2,3)4;1-7(2,3)6-8(4)11(5,9)10;1-7(2,3)6-11(9,10)8(4)5;1-7(2,3)6(9)8(4)5;1-6(9)8(5)7(2,3)4;1-6(2,3)7(4)10(5,8)9;1-6(2,3)10(8,9)7(4)5/h2*6H2,1-5H3;2*6H2,1-5H3;2*1-5H3;2*1-5H3. The summed E-state index contributed by atoms with van der Waals surface area (Å²) >= 11 is 0. The number of hydrogen-bond acceptors (Lipinski definition) is 12. The Bertz CT molecular complexity index is 2240. The van der Waals surface area contributed by atoms with E-state index in [0.29, 0.717) is 13.0 Å². The maximum atomic E-state index is 11.3. The lowest BCUT2D eigenvalue weighted by molar-refractivity contribution is -0.136. The van der Waals surface area contributed by atoms with E-state index in [1.54, 1.807) is 125 Å². The highest BCUT2D eigenvalue weighted by molar-refractivity contribution is 7.90. The summed E-state index contributed by atoms with van der Waals surface area (Å²) in [6.45, 7) is 51.2. The van der Waals surface area contributed by atoms with E-state index in [9.17, 15) is 52.8 Å². The van der Waals surface area contributed by atoms with E-state index in [1.807, 2.05) is 118 Å². The van der Waals surface area contributed by atoms with E-state index in [4.69, 9.17) is 0 Å². The quantitative estimate of drug-likeness (QED) is 0.222. The highest BCUT2D eigenvalue weighted by atomic mass is 32.2. The van der Waals surface area contributed by atoms with Gasteiger partial charge >= 0.3 is 0 Å². The van der Waals surface area contributed by atoms with Gasteiger partial charge < -0.3 is 19.6 Å². The third-order valence-corrected chi connectivity index (χ3v) is 17.7. The Balaban J connectivity index is -0.000000124. The fourth-order valence-corrected chi connectivity index (χ4v) is 9.15. The number of hydrogen-bond donors (Lipinski definition) is 0. The average Bonchev–Trinajstić information content (AvgIpc) is 3.13. The molecule has 0 rings (SSSR count). The molecule has 0 N–H and O–H groups in total. The lowest BCUT2D eigenvalue weighted by Crippen LogP contribution is -2.41. The topological polar surface area (TPSA) is 231 Å². The normalized spacial score (nSPS) is 12.8. The van der Waals surface area contributed by atoms with Gasteiger partial charge in [0.15, 0.2) is 0 Å². The number of rotatable bonds is 8. The summed E-state index contributed by atoms with van der Waals surface area (Å²) in [6, 6.07) is 0. The summed E-state index contributed by atoms with van der Waals surface area (Å²) in [6.07, 6.45) is 3.05. The lowest BCUT2D eigenvalue weighted by Gasteiger charge is -2.30. The second-order valence-electron chi connectivity index (χ2n) is 29.6. The molecule has 0 atom stereocenters. The van der Waals surface area contributed by atoms with Crippen LogP contribution in [0.3, 0.4) is 0 Å². The van der Waals surface area contributed by atoms with Gasteiger partial charge in [-0.15, -0.1) is 0 Å².